The summed E-state index contributed by atoms with van der Waals surface area (Å²) in [4.78, 5) is 0. The first-order valence-corrected chi connectivity index (χ1v) is 3.72. The molecule has 58 valence electrons. The molecule has 3 nitrogen and oxygen atoms in total. The van der Waals surface area contributed by atoms with E-state index in [1.165, 1.54) is 0 Å². The predicted molar refractivity (Wildman–Crippen MR) is 34.8 cm³/mol. The van der Waals surface area contributed by atoms with Gasteiger partial charge in [0.15, 0.2) is 5.56 Å². The van der Waals surface area contributed by atoms with Gasteiger partial charge >= 0.3 is 0 Å². The second kappa shape index (κ2) is 2.08. The van der Waals surface area contributed by atoms with E-state index in [2.05, 4.69) is 0 Å². The summed E-state index contributed by atoms with van der Waals surface area (Å²) in [5.41, 5.74) is -0.466. The summed E-state index contributed by atoms with van der Waals surface area (Å²) in [6, 6.07) is 0. The van der Waals surface area contributed by atoms with Crippen LogP contribution in [0.15, 0.2) is 0 Å². The summed E-state index contributed by atoms with van der Waals surface area (Å²) in [5, 5.41) is 0. The molecule has 10 heavy (non-hydrogen) atoms. The summed E-state index contributed by atoms with van der Waals surface area (Å²) in [5.74, 6) is -0.704. The van der Waals surface area contributed by atoms with Crippen LogP contribution in [0.5, 0.6) is 0 Å². The molecule has 2 fully saturated rings. The van der Waals surface area contributed by atoms with E-state index in [-0.39, 0.29) is 6.10 Å². The van der Waals surface area contributed by atoms with Gasteiger partial charge in [-0.15, -0.1) is 0 Å². The average molecular weight is 165 g/mol. The number of hydrogen-bond acceptors (Lipinski definition) is 3. The standard InChI is InChI=1S/C6H9ClO3/c1-6-5(7)8-2-4(10-6)3-9-6/h4-5H,2-3H2,1H3. The molecule has 4 heteroatoms. The zero-order valence-corrected chi connectivity index (χ0v) is 6.43. The van der Waals surface area contributed by atoms with Gasteiger partial charge in [0.2, 0.25) is 5.79 Å². The van der Waals surface area contributed by atoms with Crippen LogP contribution in [0.4, 0.5) is 0 Å². The molecule has 0 N–H and O–H groups in total. The van der Waals surface area contributed by atoms with Crippen LogP contribution < -0.4 is 0 Å². The molecule has 3 unspecified atom stereocenters. The Morgan fingerprint density at radius 1 is 1.50 bits per heavy atom. The van der Waals surface area contributed by atoms with Gasteiger partial charge in [0.05, 0.1) is 13.2 Å². The molecule has 0 aromatic heterocycles. The molecule has 2 aliphatic heterocycles. The normalized spacial score (nSPS) is 53.4. The van der Waals surface area contributed by atoms with Crippen LogP contribution in [0.25, 0.3) is 0 Å². The Kier molecular flexibility index (Phi) is 1.42. The summed E-state index contributed by atoms with van der Waals surface area (Å²) < 4.78 is 15.9. The summed E-state index contributed by atoms with van der Waals surface area (Å²) >= 11 is 5.78. The van der Waals surface area contributed by atoms with Crippen molar-refractivity contribution in [3.05, 3.63) is 0 Å². The predicted octanol–water partition coefficient (Wildman–Crippen LogP) is 0.713. The van der Waals surface area contributed by atoms with Crippen molar-refractivity contribution in [1.29, 1.82) is 0 Å². The molecular weight excluding hydrogens is 156 g/mol. The lowest BCUT2D eigenvalue weighted by Gasteiger charge is -2.31. The van der Waals surface area contributed by atoms with Gasteiger partial charge in [-0.3, -0.25) is 0 Å². The van der Waals surface area contributed by atoms with Crippen molar-refractivity contribution < 1.29 is 14.2 Å². The lowest BCUT2D eigenvalue weighted by Crippen LogP contribution is -2.44. The fourth-order valence-electron chi connectivity index (χ4n) is 1.20. The monoisotopic (exact) mass is 164 g/mol. The third-order valence-corrected chi connectivity index (χ3v) is 2.32. The molecule has 0 aromatic rings. The number of hydrogen-bond donors (Lipinski definition) is 0. The summed E-state index contributed by atoms with van der Waals surface area (Å²) in [6.45, 7) is 2.94. The molecule has 2 saturated heterocycles. The highest BCUT2D eigenvalue weighted by atomic mass is 35.5. The molecule has 0 radical (unpaired) electrons. The Labute approximate surface area is 64.2 Å². The zero-order valence-electron chi connectivity index (χ0n) is 5.67. The van der Waals surface area contributed by atoms with Crippen molar-refractivity contribution in [2.45, 2.75) is 24.4 Å². The second-order valence-electron chi connectivity index (χ2n) is 2.72. The van der Waals surface area contributed by atoms with E-state index in [1.54, 1.807) is 6.92 Å². The molecule has 0 aromatic carbocycles. The largest absolute Gasteiger partial charge is 0.354 e. The fourth-order valence-corrected chi connectivity index (χ4v) is 1.39. The van der Waals surface area contributed by atoms with E-state index in [0.717, 1.165) is 0 Å². The lowest BCUT2D eigenvalue weighted by molar-refractivity contribution is -0.240. The number of alkyl halides is 1. The van der Waals surface area contributed by atoms with Crippen molar-refractivity contribution in [2.75, 3.05) is 13.2 Å². The van der Waals surface area contributed by atoms with Crippen LogP contribution >= 0.6 is 11.6 Å². The smallest absolute Gasteiger partial charge is 0.206 e. The molecule has 0 aliphatic carbocycles. The average Bonchev–Trinajstić information content (AvgIpc) is 2.22. The maximum absolute atomic E-state index is 5.78. The lowest BCUT2D eigenvalue weighted by atomic mass is 10.3. The Morgan fingerprint density at radius 3 is 3.00 bits per heavy atom. The van der Waals surface area contributed by atoms with E-state index >= 15 is 0 Å². The van der Waals surface area contributed by atoms with Crippen LogP contribution in [0.2, 0.25) is 0 Å². The molecule has 2 bridgehead atoms. The first-order chi connectivity index (χ1) is 4.71. The van der Waals surface area contributed by atoms with E-state index < -0.39 is 11.4 Å². The maximum Gasteiger partial charge on any atom is 0.206 e. The number of ether oxygens (including phenoxy) is 3. The van der Waals surface area contributed by atoms with Crippen molar-refractivity contribution in [1.82, 2.24) is 0 Å². The van der Waals surface area contributed by atoms with E-state index in [9.17, 15) is 0 Å². The fraction of sp³-hybridized carbons (Fsp3) is 1.00. The van der Waals surface area contributed by atoms with Crippen molar-refractivity contribution in [3.8, 4) is 0 Å². The molecule has 2 aliphatic rings. The Bertz CT molecular complexity index is 150. The van der Waals surface area contributed by atoms with Gasteiger partial charge in [0.1, 0.15) is 6.10 Å². The zero-order chi connectivity index (χ0) is 7.19. The Morgan fingerprint density at radius 2 is 2.30 bits per heavy atom. The number of halogens is 1. The molecule has 0 amide bonds. The van der Waals surface area contributed by atoms with Gasteiger partial charge in [-0.25, -0.2) is 0 Å². The van der Waals surface area contributed by atoms with E-state index in [0.29, 0.717) is 13.2 Å². The molecule has 2 rings (SSSR count). The van der Waals surface area contributed by atoms with Gasteiger partial charge in [0, 0.05) is 0 Å². The topological polar surface area (TPSA) is 27.7 Å². The molecule has 2 heterocycles. The summed E-state index contributed by atoms with van der Waals surface area (Å²) in [7, 11) is 0. The first kappa shape index (κ1) is 6.85. The van der Waals surface area contributed by atoms with Crippen LogP contribution in [-0.2, 0) is 14.2 Å². The maximum atomic E-state index is 5.78. The SMILES string of the molecule is CC12OCC(COC1Cl)O2. The van der Waals surface area contributed by atoms with Crippen LogP contribution in [0.1, 0.15) is 6.92 Å². The third kappa shape index (κ3) is 0.855. The van der Waals surface area contributed by atoms with E-state index in [4.69, 9.17) is 25.8 Å². The van der Waals surface area contributed by atoms with Gasteiger partial charge in [-0.1, -0.05) is 11.6 Å². The Hall–Kier alpha value is 0.170. The Balaban J connectivity index is 2.17. The number of rotatable bonds is 0. The van der Waals surface area contributed by atoms with Crippen LogP contribution in [-0.4, -0.2) is 30.7 Å². The second-order valence-corrected chi connectivity index (χ2v) is 3.11. The third-order valence-electron chi connectivity index (χ3n) is 1.80. The van der Waals surface area contributed by atoms with Crippen molar-refractivity contribution in [2.24, 2.45) is 0 Å². The summed E-state index contributed by atoms with van der Waals surface area (Å²) in [6.07, 6.45) is 0.0833. The van der Waals surface area contributed by atoms with Gasteiger partial charge in [0.25, 0.3) is 0 Å². The minimum Gasteiger partial charge on any atom is -0.354 e. The minimum atomic E-state index is -0.704. The first-order valence-electron chi connectivity index (χ1n) is 3.28. The molecule has 3 atom stereocenters. The van der Waals surface area contributed by atoms with Crippen molar-refractivity contribution in [3.63, 3.8) is 0 Å². The highest BCUT2D eigenvalue weighted by Crippen LogP contribution is 2.34. The highest BCUT2D eigenvalue weighted by Gasteiger charge is 2.48. The highest BCUT2D eigenvalue weighted by molar-refractivity contribution is 6.20. The van der Waals surface area contributed by atoms with E-state index in [1.807, 2.05) is 0 Å². The minimum absolute atomic E-state index is 0.0833. The molecule has 0 saturated carbocycles. The number of fused-ring (bicyclic) bond motifs is 2. The van der Waals surface area contributed by atoms with Gasteiger partial charge in [-0.05, 0) is 6.92 Å². The molecule has 0 spiro atoms. The van der Waals surface area contributed by atoms with Gasteiger partial charge < -0.3 is 14.2 Å². The molecular formula is C6H9ClO3. The van der Waals surface area contributed by atoms with Crippen molar-refractivity contribution >= 4 is 11.6 Å². The van der Waals surface area contributed by atoms with Crippen LogP contribution in [0.3, 0.4) is 0 Å². The van der Waals surface area contributed by atoms with Gasteiger partial charge in [-0.2, -0.15) is 0 Å². The van der Waals surface area contributed by atoms with Crippen LogP contribution in [0, 0.1) is 0 Å². The quantitative estimate of drug-likeness (QED) is 0.494.